The topological polar surface area (TPSA) is 23.5 Å². The molecule has 0 saturated carbocycles. The Kier molecular flexibility index (Phi) is 4.61. The van der Waals surface area contributed by atoms with Crippen molar-refractivity contribution in [2.24, 2.45) is 0 Å². The third-order valence-corrected chi connectivity index (χ3v) is 0.772. The summed E-state index contributed by atoms with van der Waals surface area (Å²) < 4.78 is 0. The highest BCUT2D eigenvalue weighted by Gasteiger charge is 1.80. The van der Waals surface area contributed by atoms with E-state index in [2.05, 4.69) is 6.92 Å². The molecule has 0 aromatic carbocycles. The van der Waals surface area contributed by atoms with Crippen LogP contribution < -0.4 is 0 Å². The summed E-state index contributed by atoms with van der Waals surface area (Å²) in [6.45, 7) is 2.68. The van der Waals surface area contributed by atoms with Crippen molar-refractivity contribution in [3.63, 3.8) is 0 Å². The third kappa shape index (κ3) is 5.66. The minimum absolute atomic E-state index is 0.619. The molecule has 0 aromatic rings. The Hall–Kier alpha value is -0.340. The molecule has 0 radical (unpaired) electrons. The summed E-state index contributed by atoms with van der Waals surface area (Å²) in [4.78, 5) is 0. The first-order valence-corrected chi connectivity index (χ1v) is 2.82. The molecular weight excluding hydrogens is 102 g/mol. The molecule has 0 amide bonds. The normalized spacial score (nSPS) is 11.5. The summed E-state index contributed by atoms with van der Waals surface area (Å²) >= 11 is 0. The molecule has 0 aliphatic heterocycles. The lowest BCUT2D eigenvalue weighted by molar-refractivity contribution is -0.0534. The van der Waals surface area contributed by atoms with Crippen LogP contribution in [0.2, 0.25) is 0 Å². The molecule has 0 aliphatic rings. The van der Waals surface area contributed by atoms with Crippen molar-refractivity contribution in [1.82, 2.24) is 5.06 Å². The van der Waals surface area contributed by atoms with Crippen molar-refractivity contribution in [2.75, 3.05) is 13.6 Å². The van der Waals surface area contributed by atoms with Gasteiger partial charge in [0.05, 0.1) is 0 Å². The molecule has 0 atom stereocenters. The fourth-order valence-electron chi connectivity index (χ4n) is 0.394. The average Bonchev–Trinajstić information content (AvgIpc) is 1.66. The predicted octanol–water partition coefficient (Wildman–Crippen LogP) is 1.27. The quantitative estimate of drug-likeness (QED) is 0.442. The fourth-order valence-corrected chi connectivity index (χ4v) is 0.394. The lowest BCUT2D eigenvalue weighted by Gasteiger charge is -2.00. The van der Waals surface area contributed by atoms with Gasteiger partial charge >= 0.3 is 0 Å². The Labute approximate surface area is 50.4 Å². The Balaban J connectivity index is 3.03. The molecular formula is C6H13NO. The van der Waals surface area contributed by atoms with Gasteiger partial charge in [-0.1, -0.05) is 19.1 Å². The molecule has 0 spiro atoms. The Morgan fingerprint density at radius 1 is 1.50 bits per heavy atom. The monoisotopic (exact) mass is 115 g/mol. The van der Waals surface area contributed by atoms with Gasteiger partial charge in [-0.2, -0.15) is 5.06 Å². The van der Waals surface area contributed by atoms with Crippen molar-refractivity contribution in [1.29, 1.82) is 0 Å². The first kappa shape index (κ1) is 7.66. The van der Waals surface area contributed by atoms with Gasteiger partial charge in [-0.05, 0) is 6.42 Å². The van der Waals surface area contributed by atoms with Gasteiger partial charge in [0.1, 0.15) is 0 Å². The Bertz CT molecular complexity index is 68.9. The fraction of sp³-hybridized carbons (Fsp3) is 0.667. The largest absolute Gasteiger partial charge is 0.314 e. The van der Waals surface area contributed by atoms with Gasteiger partial charge in [0.25, 0.3) is 0 Å². The standard InChI is InChI=1S/C6H13NO/c1-3-4-5-6-7(2)8/h4-5,8H,3,6H2,1-2H3/b5-4+. The molecule has 48 valence electrons. The van der Waals surface area contributed by atoms with E-state index >= 15 is 0 Å². The lowest BCUT2D eigenvalue weighted by atomic mass is 10.4. The molecule has 1 N–H and O–H groups in total. The summed E-state index contributed by atoms with van der Waals surface area (Å²) in [7, 11) is 1.62. The minimum Gasteiger partial charge on any atom is -0.314 e. The van der Waals surface area contributed by atoms with E-state index in [0.29, 0.717) is 6.54 Å². The number of hydroxylamine groups is 2. The van der Waals surface area contributed by atoms with Crippen LogP contribution in [0.4, 0.5) is 0 Å². The van der Waals surface area contributed by atoms with Crippen LogP contribution in [0.25, 0.3) is 0 Å². The second-order valence-corrected chi connectivity index (χ2v) is 1.72. The van der Waals surface area contributed by atoms with Crippen molar-refractivity contribution in [3.05, 3.63) is 12.2 Å². The molecule has 0 heterocycles. The first-order valence-electron chi connectivity index (χ1n) is 2.82. The summed E-state index contributed by atoms with van der Waals surface area (Å²) in [6, 6.07) is 0. The van der Waals surface area contributed by atoms with E-state index in [0.717, 1.165) is 11.5 Å². The van der Waals surface area contributed by atoms with E-state index in [-0.39, 0.29) is 0 Å². The van der Waals surface area contributed by atoms with Crippen molar-refractivity contribution >= 4 is 0 Å². The maximum absolute atomic E-state index is 8.56. The third-order valence-electron chi connectivity index (χ3n) is 0.772. The predicted molar refractivity (Wildman–Crippen MR) is 33.8 cm³/mol. The summed E-state index contributed by atoms with van der Waals surface area (Å²) in [6.07, 6.45) is 4.99. The second kappa shape index (κ2) is 4.81. The smallest absolute Gasteiger partial charge is 0.0415 e. The maximum atomic E-state index is 8.56. The summed E-state index contributed by atoms with van der Waals surface area (Å²) in [5.41, 5.74) is 0. The van der Waals surface area contributed by atoms with Crippen LogP contribution in [0.1, 0.15) is 13.3 Å². The van der Waals surface area contributed by atoms with Crippen LogP contribution in [0.5, 0.6) is 0 Å². The van der Waals surface area contributed by atoms with Gasteiger partial charge in [0, 0.05) is 13.6 Å². The number of hydrogen-bond donors (Lipinski definition) is 1. The molecule has 2 nitrogen and oxygen atoms in total. The van der Waals surface area contributed by atoms with Crippen LogP contribution in [-0.4, -0.2) is 23.9 Å². The summed E-state index contributed by atoms with van der Waals surface area (Å²) in [5.74, 6) is 0. The number of nitrogens with zero attached hydrogens (tertiary/aromatic N) is 1. The van der Waals surface area contributed by atoms with Gasteiger partial charge in [0.15, 0.2) is 0 Å². The van der Waals surface area contributed by atoms with Crippen LogP contribution >= 0.6 is 0 Å². The highest BCUT2D eigenvalue weighted by molar-refractivity contribution is 4.80. The van der Waals surface area contributed by atoms with Crippen molar-refractivity contribution in [2.45, 2.75) is 13.3 Å². The van der Waals surface area contributed by atoms with Crippen LogP contribution in [-0.2, 0) is 0 Å². The zero-order valence-electron chi connectivity index (χ0n) is 5.46. The average molecular weight is 115 g/mol. The van der Waals surface area contributed by atoms with Crippen LogP contribution in [0.15, 0.2) is 12.2 Å². The highest BCUT2D eigenvalue weighted by Crippen LogP contribution is 1.80. The second-order valence-electron chi connectivity index (χ2n) is 1.72. The van der Waals surface area contributed by atoms with E-state index in [1.54, 1.807) is 7.05 Å². The van der Waals surface area contributed by atoms with Crippen molar-refractivity contribution in [3.8, 4) is 0 Å². The molecule has 0 bridgehead atoms. The molecule has 0 unspecified atom stereocenters. The minimum atomic E-state index is 0.619. The number of rotatable bonds is 3. The van der Waals surface area contributed by atoms with E-state index < -0.39 is 0 Å². The molecule has 0 saturated heterocycles. The van der Waals surface area contributed by atoms with Crippen molar-refractivity contribution < 1.29 is 5.21 Å². The van der Waals surface area contributed by atoms with Gasteiger partial charge in [0.2, 0.25) is 0 Å². The molecule has 0 fully saturated rings. The Morgan fingerprint density at radius 3 is 2.50 bits per heavy atom. The molecule has 0 rings (SSSR count). The van der Waals surface area contributed by atoms with Gasteiger partial charge < -0.3 is 5.21 Å². The number of hydrogen-bond acceptors (Lipinski definition) is 2. The maximum Gasteiger partial charge on any atom is 0.0415 e. The van der Waals surface area contributed by atoms with Gasteiger partial charge in [-0.15, -0.1) is 0 Å². The van der Waals surface area contributed by atoms with Crippen LogP contribution in [0, 0.1) is 0 Å². The van der Waals surface area contributed by atoms with E-state index in [1.165, 1.54) is 0 Å². The van der Waals surface area contributed by atoms with E-state index in [4.69, 9.17) is 5.21 Å². The van der Waals surface area contributed by atoms with E-state index in [9.17, 15) is 0 Å². The zero-order chi connectivity index (χ0) is 6.41. The molecule has 2 heteroatoms. The highest BCUT2D eigenvalue weighted by atomic mass is 16.5. The number of likely N-dealkylation sites (N-methyl/N-ethyl adjacent to an activating group) is 1. The first-order chi connectivity index (χ1) is 3.77. The Morgan fingerprint density at radius 2 is 2.12 bits per heavy atom. The van der Waals surface area contributed by atoms with Crippen LogP contribution in [0.3, 0.4) is 0 Å². The van der Waals surface area contributed by atoms with E-state index in [1.807, 2.05) is 12.2 Å². The molecule has 0 aliphatic carbocycles. The zero-order valence-corrected chi connectivity index (χ0v) is 5.46. The molecule has 0 aromatic heterocycles. The number of allylic oxidation sites excluding steroid dienone is 1. The molecule has 8 heavy (non-hydrogen) atoms. The SMILES string of the molecule is CC/C=C/CN(C)O. The van der Waals surface area contributed by atoms with Gasteiger partial charge in [-0.3, -0.25) is 0 Å². The summed E-state index contributed by atoms with van der Waals surface area (Å²) in [5, 5.41) is 9.71. The van der Waals surface area contributed by atoms with Gasteiger partial charge in [-0.25, -0.2) is 0 Å². The lowest BCUT2D eigenvalue weighted by Crippen LogP contribution is -2.11.